The summed E-state index contributed by atoms with van der Waals surface area (Å²) in [6.07, 6.45) is 4.21. The number of nitrogens with zero attached hydrogens (tertiary/aromatic N) is 1. The first-order valence-electron chi connectivity index (χ1n) is 6.31. The second kappa shape index (κ2) is 8.90. The van der Waals surface area contributed by atoms with Gasteiger partial charge in [0, 0.05) is 13.0 Å². The molecular weight excluding hydrogens is 186 g/mol. The minimum absolute atomic E-state index is 0.319. The first kappa shape index (κ1) is 14.6. The van der Waals surface area contributed by atoms with Gasteiger partial charge in [-0.2, -0.15) is 0 Å². The van der Waals surface area contributed by atoms with E-state index in [0.717, 1.165) is 38.3 Å². The largest absolute Gasteiger partial charge is 0.303 e. The predicted octanol–water partition coefficient (Wildman–Crippen LogP) is 3.11. The lowest BCUT2D eigenvalue weighted by Gasteiger charge is -2.23. The lowest BCUT2D eigenvalue weighted by molar-refractivity contribution is -0.117. The summed E-state index contributed by atoms with van der Waals surface area (Å²) < 4.78 is 0. The van der Waals surface area contributed by atoms with E-state index in [1.165, 1.54) is 13.0 Å². The summed E-state index contributed by atoms with van der Waals surface area (Å²) in [4.78, 5) is 13.3. The van der Waals surface area contributed by atoms with E-state index < -0.39 is 0 Å². The van der Waals surface area contributed by atoms with Crippen molar-refractivity contribution in [3.05, 3.63) is 0 Å². The highest BCUT2D eigenvalue weighted by Crippen LogP contribution is 2.06. The Balaban J connectivity index is 3.56. The SMILES string of the molecule is CCC(C)CN(CC)CCCCC(C)=O. The van der Waals surface area contributed by atoms with Crippen LogP contribution in [0.1, 0.15) is 53.4 Å². The van der Waals surface area contributed by atoms with Crippen LogP contribution in [0.4, 0.5) is 0 Å². The summed E-state index contributed by atoms with van der Waals surface area (Å²) in [5.74, 6) is 1.11. The van der Waals surface area contributed by atoms with Gasteiger partial charge in [0.05, 0.1) is 0 Å². The van der Waals surface area contributed by atoms with E-state index in [4.69, 9.17) is 0 Å². The normalized spacial score (nSPS) is 13.1. The molecule has 0 amide bonds. The fourth-order valence-electron chi connectivity index (χ4n) is 1.66. The molecule has 0 heterocycles. The highest BCUT2D eigenvalue weighted by molar-refractivity contribution is 5.75. The minimum Gasteiger partial charge on any atom is -0.303 e. The van der Waals surface area contributed by atoms with Crippen molar-refractivity contribution in [3.63, 3.8) is 0 Å². The summed E-state index contributed by atoms with van der Waals surface area (Å²) in [6.45, 7) is 11.9. The van der Waals surface area contributed by atoms with E-state index in [1.807, 2.05) is 0 Å². The number of unbranched alkanes of at least 4 members (excludes halogenated alkanes) is 1. The highest BCUT2D eigenvalue weighted by Gasteiger charge is 2.06. The molecule has 0 aliphatic heterocycles. The molecule has 0 aliphatic carbocycles. The van der Waals surface area contributed by atoms with Crippen LogP contribution in [-0.2, 0) is 4.79 Å². The van der Waals surface area contributed by atoms with Gasteiger partial charge < -0.3 is 9.69 Å². The number of hydrogen-bond donors (Lipinski definition) is 0. The molecule has 0 spiro atoms. The van der Waals surface area contributed by atoms with Gasteiger partial charge in [-0.3, -0.25) is 0 Å². The van der Waals surface area contributed by atoms with Crippen LogP contribution in [0.15, 0.2) is 0 Å². The van der Waals surface area contributed by atoms with Crippen LogP contribution in [0, 0.1) is 5.92 Å². The molecule has 90 valence electrons. The Hall–Kier alpha value is -0.370. The van der Waals surface area contributed by atoms with E-state index in [1.54, 1.807) is 6.92 Å². The molecule has 2 nitrogen and oxygen atoms in total. The van der Waals surface area contributed by atoms with Crippen LogP contribution < -0.4 is 0 Å². The molecule has 0 rings (SSSR count). The maximum Gasteiger partial charge on any atom is 0.129 e. The summed E-state index contributed by atoms with van der Waals surface area (Å²) in [6, 6.07) is 0. The number of Topliss-reactive ketones (excluding diaryl/α,β-unsaturated/α-hetero) is 1. The van der Waals surface area contributed by atoms with Gasteiger partial charge in [0.25, 0.3) is 0 Å². The Bertz CT molecular complexity index is 168. The van der Waals surface area contributed by atoms with E-state index in [2.05, 4.69) is 25.7 Å². The molecule has 0 aromatic heterocycles. The quantitative estimate of drug-likeness (QED) is 0.548. The summed E-state index contributed by atoms with van der Waals surface area (Å²) in [7, 11) is 0. The molecule has 0 aromatic carbocycles. The third-order valence-corrected chi connectivity index (χ3v) is 2.97. The van der Waals surface area contributed by atoms with Crippen LogP contribution in [0.2, 0.25) is 0 Å². The average molecular weight is 213 g/mol. The standard InChI is InChI=1S/C13H27NO/c1-5-12(3)11-14(6-2)10-8-7-9-13(4)15/h12H,5-11H2,1-4H3. The maximum atomic E-state index is 10.8. The third kappa shape index (κ3) is 8.61. The molecule has 0 radical (unpaired) electrons. The van der Waals surface area contributed by atoms with Crippen LogP contribution in [0.25, 0.3) is 0 Å². The zero-order chi connectivity index (χ0) is 11.7. The smallest absolute Gasteiger partial charge is 0.129 e. The van der Waals surface area contributed by atoms with Crippen LogP contribution in [0.3, 0.4) is 0 Å². The van der Waals surface area contributed by atoms with Crippen LogP contribution in [0.5, 0.6) is 0 Å². The molecular formula is C13H27NO. The topological polar surface area (TPSA) is 20.3 Å². The number of carbonyl (C=O) groups is 1. The molecule has 15 heavy (non-hydrogen) atoms. The summed E-state index contributed by atoms with van der Waals surface area (Å²) >= 11 is 0. The third-order valence-electron chi connectivity index (χ3n) is 2.97. The van der Waals surface area contributed by atoms with Crippen LogP contribution in [-0.4, -0.2) is 30.3 Å². The van der Waals surface area contributed by atoms with E-state index >= 15 is 0 Å². The minimum atomic E-state index is 0.319. The van der Waals surface area contributed by atoms with Gasteiger partial charge in [0.1, 0.15) is 5.78 Å². The number of rotatable bonds is 9. The first-order valence-corrected chi connectivity index (χ1v) is 6.31. The molecule has 0 bridgehead atoms. The molecule has 1 unspecified atom stereocenters. The first-order chi connectivity index (χ1) is 7.10. The maximum absolute atomic E-state index is 10.8. The molecule has 0 saturated heterocycles. The molecule has 0 aliphatic rings. The Morgan fingerprint density at radius 1 is 1.27 bits per heavy atom. The molecule has 0 aromatic rings. The zero-order valence-electron chi connectivity index (χ0n) is 10.9. The number of carbonyl (C=O) groups excluding carboxylic acids is 1. The molecule has 2 heteroatoms. The second-order valence-electron chi connectivity index (χ2n) is 4.57. The fourth-order valence-corrected chi connectivity index (χ4v) is 1.66. The van der Waals surface area contributed by atoms with Gasteiger partial charge in [-0.1, -0.05) is 27.2 Å². The number of hydrogen-bond acceptors (Lipinski definition) is 2. The van der Waals surface area contributed by atoms with Gasteiger partial charge in [-0.25, -0.2) is 0 Å². The summed E-state index contributed by atoms with van der Waals surface area (Å²) in [5, 5.41) is 0. The Labute approximate surface area is 95.0 Å². The van der Waals surface area contributed by atoms with E-state index in [-0.39, 0.29) is 0 Å². The Morgan fingerprint density at radius 3 is 2.40 bits per heavy atom. The molecule has 0 fully saturated rings. The molecule has 1 atom stereocenters. The van der Waals surface area contributed by atoms with Gasteiger partial charge in [-0.05, 0) is 38.8 Å². The van der Waals surface area contributed by atoms with E-state index in [0.29, 0.717) is 5.78 Å². The van der Waals surface area contributed by atoms with Gasteiger partial charge in [-0.15, -0.1) is 0 Å². The average Bonchev–Trinajstić information content (AvgIpc) is 2.21. The lowest BCUT2D eigenvalue weighted by Crippen LogP contribution is -2.29. The van der Waals surface area contributed by atoms with Crippen molar-refractivity contribution in [2.45, 2.75) is 53.4 Å². The Kier molecular flexibility index (Phi) is 8.68. The second-order valence-corrected chi connectivity index (χ2v) is 4.57. The van der Waals surface area contributed by atoms with Gasteiger partial charge >= 0.3 is 0 Å². The van der Waals surface area contributed by atoms with Crippen molar-refractivity contribution in [2.24, 2.45) is 5.92 Å². The zero-order valence-corrected chi connectivity index (χ0v) is 10.9. The van der Waals surface area contributed by atoms with Crippen molar-refractivity contribution in [3.8, 4) is 0 Å². The monoisotopic (exact) mass is 213 g/mol. The molecule has 0 N–H and O–H groups in total. The summed E-state index contributed by atoms with van der Waals surface area (Å²) in [5.41, 5.74) is 0. The highest BCUT2D eigenvalue weighted by atomic mass is 16.1. The van der Waals surface area contributed by atoms with Crippen molar-refractivity contribution < 1.29 is 4.79 Å². The van der Waals surface area contributed by atoms with Gasteiger partial charge in [0.15, 0.2) is 0 Å². The Morgan fingerprint density at radius 2 is 1.93 bits per heavy atom. The van der Waals surface area contributed by atoms with Crippen molar-refractivity contribution in [2.75, 3.05) is 19.6 Å². The fraction of sp³-hybridized carbons (Fsp3) is 0.923. The number of ketones is 1. The van der Waals surface area contributed by atoms with Crippen LogP contribution >= 0.6 is 0 Å². The van der Waals surface area contributed by atoms with Crippen molar-refractivity contribution in [1.29, 1.82) is 0 Å². The lowest BCUT2D eigenvalue weighted by atomic mass is 10.1. The van der Waals surface area contributed by atoms with Crippen molar-refractivity contribution >= 4 is 5.78 Å². The molecule has 0 saturated carbocycles. The van der Waals surface area contributed by atoms with E-state index in [9.17, 15) is 4.79 Å². The van der Waals surface area contributed by atoms with Crippen molar-refractivity contribution in [1.82, 2.24) is 4.90 Å². The van der Waals surface area contributed by atoms with Gasteiger partial charge in [0.2, 0.25) is 0 Å². The predicted molar refractivity (Wildman–Crippen MR) is 66.1 cm³/mol.